The maximum atomic E-state index is 12.3. The van der Waals surface area contributed by atoms with Crippen LogP contribution >= 0.6 is 0 Å². The standard InChI is InChI=1S/C11H17N3O4S/c1-8-4-5-9(18-3)10(6-8)19(16,17)14(2)7-11(15)13-12/h4-6H,7,12H2,1-3H3,(H,13,15). The number of hydrogen-bond acceptors (Lipinski definition) is 5. The van der Waals surface area contributed by atoms with Gasteiger partial charge in [-0.25, -0.2) is 14.3 Å². The number of carbonyl (C=O) groups excluding carboxylic acids is 1. The Hall–Kier alpha value is -1.64. The number of rotatable bonds is 5. The molecule has 0 heterocycles. The van der Waals surface area contributed by atoms with Gasteiger partial charge in [-0.05, 0) is 24.6 Å². The predicted molar refractivity (Wildman–Crippen MR) is 69.9 cm³/mol. The molecule has 19 heavy (non-hydrogen) atoms. The van der Waals surface area contributed by atoms with Crippen molar-refractivity contribution in [3.8, 4) is 5.75 Å². The second-order valence-electron chi connectivity index (χ2n) is 3.98. The molecule has 1 aromatic rings. The second-order valence-corrected chi connectivity index (χ2v) is 6.00. The van der Waals surface area contributed by atoms with Gasteiger partial charge in [-0.3, -0.25) is 10.2 Å². The fraction of sp³-hybridized carbons (Fsp3) is 0.364. The molecule has 7 nitrogen and oxygen atoms in total. The number of nitrogens with two attached hydrogens (primary N) is 1. The van der Waals surface area contributed by atoms with Crippen molar-refractivity contribution in [1.29, 1.82) is 0 Å². The minimum absolute atomic E-state index is 0.0160. The first-order valence-corrected chi connectivity index (χ1v) is 6.87. The number of benzene rings is 1. The molecule has 0 fully saturated rings. The summed E-state index contributed by atoms with van der Waals surface area (Å²) in [5.74, 6) is 4.56. The van der Waals surface area contributed by atoms with Gasteiger partial charge in [-0.15, -0.1) is 0 Å². The first-order chi connectivity index (χ1) is 8.82. The molecule has 0 aromatic heterocycles. The number of hydrogen-bond donors (Lipinski definition) is 2. The molecular formula is C11H17N3O4S. The van der Waals surface area contributed by atoms with E-state index in [0.29, 0.717) is 0 Å². The van der Waals surface area contributed by atoms with Gasteiger partial charge < -0.3 is 4.74 Å². The fourth-order valence-electron chi connectivity index (χ4n) is 1.49. The van der Waals surface area contributed by atoms with Crippen molar-refractivity contribution >= 4 is 15.9 Å². The van der Waals surface area contributed by atoms with Crippen molar-refractivity contribution in [3.05, 3.63) is 23.8 Å². The topological polar surface area (TPSA) is 102 Å². The Morgan fingerprint density at radius 2 is 2.11 bits per heavy atom. The summed E-state index contributed by atoms with van der Waals surface area (Å²) in [6, 6.07) is 4.80. The molecule has 0 aliphatic carbocycles. The molecule has 0 unspecified atom stereocenters. The number of amides is 1. The van der Waals surface area contributed by atoms with Gasteiger partial charge in [0.05, 0.1) is 13.7 Å². The molecule has 0 aliphatic heterocycles. The summed E-state index contributed by atoms with van der Waals surface area (Å²) < 4.78 is 30.6. The zero-order chi connectivity index (χ0) is 14.6. The number of nitrogens with zero attached hydrogens (tertiary/aromatic N) is 1. The first-order valence-electron chi connectivity index (χ1n) is 5.43. The molecule has 0 bridgehead atoms. The number of aryl methyl sites for hydroxylation is 1. The summed E-state index contributed by atoms with van der Waals surface area (Å²) >= 11 is 0. The Labute approximate surface area is 112 Å². The third-order valence-corrected chi connectivity index (χ3v) is 4.36. The van der Waals surface area contributed by atoms with Crippen molar-refractivity contribution in [2.45, 2.75) is 11.8 Å². The fourth-order valence-corrected chi connectivity index (χ4v) is 2.85. The third-order valence-electron chi connectivity index (χ3n) is 2.53. The van der Waals surface area contributed by atoms with E-state index in [-0.39, 0.29) is 17.2 Å². The minimum Gasteiger partial charge on any atom is -0.495 e. The number of sulfonamides is 1. The van der Waals surface area contributed by atoms with Crippen molar-refractivity contribution in [3.63, 3.8) is 0 Å². The van der Waals surface area contributed by atoms with Crippen LogP contribution in [0.1, 0.15) is 5.56 Å². The number of nitrogens with one attached hydrogen (secondary N) is 1. The minimum atomic E-state index is -3.82. The van der Waals surface area contributed by atoms with E-state index in [1.165, 1.54) is 20.2 Å². The van der Waals surface area contributed by atoms with Gasteiger partial charge >= 0.3 is 0 Å². The van der Waals surface area contributed by atoms with Gasteiger partial charge in [-0.2, -0.15) is 4.31 Å². The summed E-state index contributed by atoms with van der Waals surface area (Å²) in [6.07, 6.45) is 0. The highest BCUT2D eigenvalue weighted by molar-refractivity contribution is 7.89. The number of methoxy groups -OCH3 is 1. The lowest BCUT2D eigenvalue weighted by Gasteiger charge is -2.18. The average molecular weight is 287 g/mol. The number of hydrazine groups is 1. The predicted octanol–water partition coefficient (Wildman–Crippen LogP) is -0.386. The van der Waals surface area contributed by atoms with Gasteiger partial charge in [0.1, 0.15) is 10.6 Å². The summed E-state index contributed by atoms with van der Waals surface area (Å²) in [4.78, 5) is 11.2. The lowest BCUT2D eigenvalue weighted by Crippen LogP contribution is -2.41. The largest absolute Gasteiger partial charge is 0.495 e. The molecule has 3 N–H and O–H groups in total. The van der Waals surface area contributed by atoms with E-state index < -0.39 is 15.9 Å². The van der Waals surface area contributed by atoms with Crippen LogP contribution in [0, 0.1) is 6.92 Å². The molecule has 0 spiro atoms. The molecule has 1 amide bonds. The molecular weight excluding hydrogens is 270 g/mol. The number of carbonyl (C=O) groups is 1. The van der Waals surface area contributed by atoms with Gasteiger partial charge in [0.15, 0.2) is 0 Å². The molecule has 1 aromatic carbocycles. The van der Waals surface area contributed by atoms with Crippen LogP contribution in [0.25, 0.3) is 0 Å². The second kappa shape index (κ2) is 6.00. The smallest absolute Gasteiger partial charge is 0.249 e. The summed E-state index contributed by atoms with van der Waals surface area (Å²) in [7, 11) is -1.13. The lowest BCUT2D eigenvalue weighted by molar-refractivity contribution is -0.121. The van der Waals surface area contributed by atoms with Crippen LogP contribution in [0.3, 0.4) is 0 Å². The first kappa shape index (κ1) is 15.4. The van der Waals surface area contributed by atoms with Crippen LogP contribution in [0.4, 0.5) is 0 Å². The lowest BCUT2D eigenvalue weighted by atomic mass is 10.2. The van der Waals surface area contributed by atoms with E-state index in [1.54, 1.807) is 19.1 Å². The summed E-state index contributed by atoms with van der Waals surface area (Å²) in [6.45, 7) is 1.40. The Balaban J connectivity index is 3.19. The van der Waals surface area contributed by atoms with E-state index in [4.69, 9.17) is 10.6 Å². The van der Waals surface area contributed by atoms with Gasteiger partial charge in [0.25, 0.3) is 0 Å². The highest BCUT2D eigenvalue weighted by atomic mass is 32.2. The Kier molecular flexibility index (Phi) is 4.87. The molecule has 0 saturated carbocycles. The quantitative estimate of drug-likeness (QED) is 0.436. The summed E-state index contributed by atoms with van der Waals surface area (Å²) in [5, 5.41) is 0. The van der Waals surface area contributed by atoms with Crippen molar-refractivity contribution in [2.24, 2.45) is 5.84 Å². The Bertz CT molecular complexity index is 571. The zero-order valence-electron chi connectivity index (χ0n) is 11.0. The molecule has 0 saturated heterocycles. The van der Waals surface area contributed by atoms with Crippen molar-refractivity contribution < 1.29 is 17.9 Å². The van der Waals surface area contributed by atoms with Crippen LogP contribution in [0.15, 0.2) is 23.1 Å². The number of likely N-dealkylation sites (N-methyl/N-ethyl adjacent to an activating group) is 1. The van der Waals surface area contributed by atoms with Crippen LogP contribution in [0.5, 0.6) is 5.75 Å². The molecule has 8 heteroatoms. The van der Waals surface area contributed by atoms with Gasteiger partial charge in [-0.1, -0.05) is 6.07 Å². The van der Waals surface area contributed by atoms with Crippen molar-refractivity contribution in [1.82, 2.24) is 9.73 Å². The highest BCUT2D eigenvalue weighted by Crippen LogP contribution is 2.26. The van der Waals surface area contributed by atoms with Crippen LogP contribution in [0.2, 0.25) is 0 Å². The normalized spacial score (nSPS) is 11.4. The molecule has 106 valence electrons. The van der Waals surface area contributed by atoms with E-state index in [9.17, 15) is 13.2 Å². The zero-order valence-corrected chi connectivity index (χ0v) is 11.8. The SMILES string of the molecule is COc1ccc(C)cc1S(=O)(=O)N(C)CC(=O)NN. The van der Waals surface area contributed by atoms with Crippen molar-refractivity contribution in [2.75, 3.05) is 20.7 Å². The van der Waals surface area contributed by atoms with Crippen LogP contribution in [-0.2, 0) is 14.8 Å². The monoisotopic (exact) mass is 287 g/mol. The molecule has 0 aliphatic rings. The highest BCUT2D eigenvalue weighted by Gasteiger charge is 2.26. The molecule has 1 rings (SSSR count). The van der Waals surface area contributed by atoms with E-state index in [2.05, 4.69) is 0 Å². The van der Waals surface area contributed by atoms with E-state index >= 15 is 0 Å². The third kappa shape index (κ3) is 3.43. The maximum Gasteiger partial charge on any atom is 0.249 e. The van der Waals surface area contributed by atoms with Crippen LogP contribution in [-0.4, -0.2) is 39.3 Å². The van der Waals surface area contributed by atoms with E-state index in [0.717, 1.165) is 9.87 Å². The van der Waals surface area contributed by atoms with Gasteiger partial charge in [0, 0.05) is 7.05 Å². The average Bonchev–Trinajstić information content (AvgIpc) is 2.38. The molecule has 0 atom stereocenters. The summed E-state index contributed by atoms with van der Waals surface area (Å²) in [5.41, 5.74) is 2.66. The Morgan fingerprint density at radius 3 is 2.63 bits per heavy atom. The van der Waals surface area contributed by atoms with Crippen LogP contribution < -0.4 is 16.0 Å². The maximum absolute atomic E-state index is 12.3. The molecule has 0 radical (unpaired) electrons. The Morgan fingerprint density at radius 1 is 1.47 bits per heavy atom. The van der Waals surface area contributed by atoms with Gasteiger partial charge in [0.2, 0.25) is 15.9 Å². The van der Waals surface area contributed by atoms with E-state index in [1.807, 2.05) is 5.43 Å². The number of ether oxygens (including phenoxy) is 1.